The van der Waals surface area contributed by atoms with E-state index in [9.17, 15) is 4.79 Å². The molecule has 1 aliphatic rings. The van der Waals surface area contributed by atoms with Gasteiger partial charge in [0.05, 0.1) is 5.02 Å². The van der Waals surface area contributed by atoms with Crippen LogP contribution >= 0.6 is 27.5 Å². The fraction of sp³-hybridized carbons (Fsp3) is 0.417. The van der Waals surface area contributed by atoms with Crippen molar-refractivity contribution in [1.82, 2.24) is 0 Å². The first-order valence-electron chi connectivity index (χ1n) is 5.18. The summed E-state index contributed by atoms with van der Waals surface area (Å²) in [6.45, 7) is 0. The number of carbonyl (C=O) groups is 1. The summed E-state index contributed by atoms with van der Waals surface area (Å²) >= 11 is 9.39. The van der Waals surface area contributed by atoms with Crippen LogP contribution in [0.25, 0.3) is 0 Å². The van der Waals surface area contributed by atoms with Crippen LogP contribution in [-0.4, -0.2) is 5.78 Å². The van der Waals surface area contributed by atoms with Gasteiger partial charge in [-0.1, -0.05) is 40.4 Å². The number of rotatable bonds is 2. The molecule has 0 spiro atoms. The predicted octanol–water partition coefficient (Wildman–Crippen LogP) is 4.48. The van der Waals surface area contributed by atoms with E-state index in [1.807, 2.05) is 12.1 Å². The van der Waals surface area contributed by atoms with E-state index < -0.39 is 0 Å². The van der Waals surface area contributed by atoms with Gasteiger partial charge in [-0.2, -0.15) is 0 Å². The molecule has 0 aliphatic heterocycles. The van der Waals surface area contributed by atoms with Gasteiger partial charge in [-0.15, -0.1) is 0 Å². The summed E-state index contributed by atoms with van der Waals surface area (Å²) < 4.78 is 0.912. The molecule has 80 valence electrons. The molecule has 1 fully saturated rings. The van der Waals surface area contributed by atoms with E-state index in [4.69, 9.17) is 11.6 Å². The van der Waals surface area contributed by atoms with E-state index in [1.54, 1.807) is 6.07 Å². The van der Waals surface area contributed by atoms with Gasteiger partial charge in [0.2, 0.25) is 0 Å². The number of Topliss-reactive ketones (excluding diaryl/α,β-unsaturated/α-hetero) is 1. The fourth-order valence-corrected chi connectivity index (χ4v) is 2.86. The molecule has 15 heavy (non-hydrogen) atoms. The SMILES string of the molecule is O=C(c1ccc(Br)cc1Cl)C1CCCC1. The van der Waals surface area contributed by atoms with E-state index >= 15 is 0 Å². The van der Waals surface area contributed by atoms with Crippen LogP contribution in [-0.2, 0) is 0 Å². The van der Waals surface area contributed by atoms with E-state index in [2.05, 4.69) is 15.9 Å². The van der Waals surface area contributed by atoms with Gasteiger partial charge >= 0.3 is 0 Å². The zero-order valence-electron chi connectivity index (χ0n) is 8.30. The molecule has 1 aromatic carbocycles. The Kier molecular flexibility index (Phi) is 3.47. The Morgan fingerprint density at radius 3 is 2.60 bits per heavy atom. The zero-order chi connectivity index (χ0) is 10.8. The average Bonchev–Trinajstić information content (AvgIpc) is 2.69. The molecule has 0 saturated heterocycles. The topological polar surface area (TPSA) is 17.1 Å². The van der Waals surface area contributed by atoms with Crippen LogP contribution in [0.3, 0.4) is 0 Å². The lowest BCUT2D eigenvalue weighted by atomic mass is 9.96. The monoisotopic (exact) mass is 286 g/mol. The molecule has 0 atom stereocenters. The Morgan fingerprint density at radius 2 is 2.00 bits per heavy atom. The maximum absolute atomic E-state index is 12.1. The molecule has 1 aliphatic carbocycles. The molecule has 2 rings (SSSR count). The summed E-state index contributed by atoms with van der Waals surface area (Å²) in [4.78, 5) is 12.1. The highest BCUT2D eigenvalue weighted by Crippen LogP contribution is 2.31. The normalized spacial score (nSPS) is 16.9. The average molecular weight is 288 g/mol. The first-order chi connectivity index (χ1) is 7.18. The van der Waals surface area contributed by atoms with Gasteiger partial charge in [0.15, 0.2) is 5.78 Å². The van der Waals surface area contributed by atoms with Crippen molar-refractivity contribution in [2.24, 2.45) is 5.92 Å². The van der Waals surface area contributed by atoms with Crippen LogP contribution in [0, 0.1) is 5.92 Å². The van der Waals surface area contributed by atoms with Gasteiger partial charge in [-0.05, 0) is 31.0 Å². The molecule has 1 nitrogen and oxygen atoms in total. The highest BCUT2D eigenvalue weighted by Gasteiger charge is 2.25. The third-order valence-corrected chi connectivity index (χ3v) is 3.73. The van der Waals surface area contributed by atoms with Crippen LogP contribution in [0.2, 0.25) is 5.02 Å². The van der Waals surface area contributed by atoms with Gasteiger partial charge in [0, 0.05) is 16.0 Å². The third-order valence-electron chi connectivity index (χ3n) is 2.92. The lowest BCUT2D eigenvalue weighted by molar-refractivity contribution is 0.0923. The van der Waals surface area contributed by atoms with E-state index in [-0.39, 0.29) is 11.7 Å². The summed E-state index contributed by atoms with van der Waals surface area (Å²) in [5.74, 6) is 0.411. The zero-order valence-corrected chi connectivity index (χ0v) is 10.6. The molecular weight excluding hydrogens is 275 g/mol. The molecule has 3 heteroatoms. The maximum atomic E-state index is 12.1. The molecule has 0 aromatic heterocycles. The van der Waals surface area contributed by atoms with E-state index in [1.165, 1.54) is 12.8 Å². The number of halogens is 2. The van der Waals surface area contributed by atoms with Gasteiger partial charge in [0.25, 0.3) is 0 Å². The summed E-state index contributed by atoms with van der Waals surface area (Å²) in [6, 6.07) is 5.46. The van der Waals surface area contributed by atoms with Crippen LogP contribution < -0.4 is 0 Å². The first kappa shape index (κ1) is 11.2. The number of carbonyl (C=O) groups excluding carboxylic acids is 1. The standard InChI is InChI=1S/C12H12BrClO/c13-9-5-6-10(11(14)7-9)12(15)8-3-1-2-4-8/h5-8H,1-4H2. The van der Waals surface area contributed by atoms with Crippen LogP contribution in [0.15, 0.2) is 22.7 Å². The minimum absolute atomic E-state index is 0.198. The van der Waals surface area contributed by atoms with Gasteiger partial charge < -0.3 is 0 Å². The quantitative estimate of drug-likeness (QED) is 0.733. The van der Waals surface area contributed by atoms with Crippen molar-refractivity contribution in [2.45, 2.75) is 25.7 Å². The second-order valence-electron chi connectivity index (χ2n) is 3.97. The van der Waals surface area contributed by atoms with Crippen LogP contribution in [0.1, 0.15) is 36.0 Å². The lowest BCUT2D eigenvalue weighted by Crippen LogP contribution is -2.11. The molecule has 1 aromatic rings. The Hall–Kier alpha value is -0.340. The number of benzene rings is 1. The van der Waals surface area contributed by atoms with Crippen LogP contribution in [0.5, 0.6) is 0 Å². The second-order valence-corrected chi connectivity index (χ2v) is 5.29. The van der Waals surface area contributed by atoms with Crippen molar-refractivity contribution >= 4 is 33.3 Å². The van der Waals surface area contributed by atoms with Crippen LogP contribution in [0.4, 0.5) is 0 Å². The molecule has 1 saturated carbocycles. The Balaban J connectivity index is 2.24. The van der Waals surface area contributed by atoms with Crippen molar-refractivity contribution in [2.75, 3.05) is 0 Å². The molecule has 0 radical (unpaired) electrons. The van der Waals surface area contributed by atoms with E-state index in [0.717, 1.165) is 17.3 Å². The number of hydrogen-bond acceptors (Lipinski definition) is 1. The highest BCUT2D eigenvalue weighted by molar-refractivity contribution is 9.10. The van der Waals surface area contributed by atoms with E-state index in [0.29, 0.717) is 10.6 Å². The summed E-state index contributed by atoms with van der Waals surface area (Å²) in [5.41, 5.74) is 0.673. The van der Waals surface area contributed by atoms with Gasteiger partial charge in [-0.3, -0.25) is 4.79 Å². The molecule has 0 N–H and O–H groups in total. The maximum Gasteiger partial charge on any atom is 0.167 e. The lowest BCUT2D eigenvalue weighted by Gasteiger charge is -2.09. The highest BCUT2D eigenvalue weighted by atomic mass is 79.9. The predicted molar refractivity (Wildman–Crippen MR) is 65.4 cm³/mol. The molecule has 0 amide bonds. The molecular formula is C12H12BrClO. The Labute approximate surface area is 103 Å². The summed E-state index contributed by atoms with van der Waals surface area (Å²) in [5, 5.41) is 0.557. The summed E-state index contributed by atoms with van der Waals surface area (Å²) in [7, 11) is 0. The minimum Gasteiger partial charge on any atom is -0.294 e. The largest absolute Gasteiger partial charge is 0.294 e. The Bertz CT molecular complexity index is 383. The number of hydrogen-bond donors (Lipinski definition) is 0. The van der Waals surface area contributed by atoms with Gasteiger partial charge in [-0.25, -0.2) is 0 Å². The third kappa shape index (κ3) is 2.43. The number of ketones is 1. The molecule has 0 heterocycles. The Morgan fingerprint density at radius 1 is 1.33 bits per heavy atom. The minimum atomic E-state index is 0.198. The van der Waals surface area contributed by atoms with Crippen molar-refractivity contribution < 1.29 is 4.79 Å². The smallest absolute Gasteiger partial charge is 0.167 e. The first-order valence-corrected chi connectivity index (χ1v) is 6.35. The van der Waals surface area contributed by atoms with Crippen molar-refractivity contribution in [3.63, 3.8) is 0 Å². The fourth-order valence-electron chi connectivity index (χ4n) is 2.10. The van der Waals surface area contributed by atoms with Crippen molar-refractivity contribution in [3.8, 4) is 0 Å². The summed E-state index contributed by atoms with van der Waals surface area (Å²) in [6.07, 6.45) is 4.38. The molecule has 0 unspecified atom stereocenters. The van der Waals surface area contributed by atoms with Crippen molar-refractivity contribution in [1.29, 1.82) is 0 Å². The molecule has 0 bridgehead atoms. The van der Waals surface area contributed by atoms with Gasteiger partial charge in [0.1, 0.15) is 0 Å². The van der Waals surface area contributed by atoms with Crippen molar-refractivity contribution in [3.05, 3.63) is 33.3 Å². The second kappa shape index (κ2) is 4.67.